The molecule has 12 heteroatoms. The number of benzene rings is 3. The summed E-state index contributed by atoms with van der Waals surface area (Å²) in [6, 6.07) is 19.8. The van der Waals surface area contributed by atoms with Gasteiger partial charge in [0.15, 0.2) is 11.0 Å². The molecule has 1 saturated heterocycles. The van der Waals surface area contributed by atoms with Gasteiger partial charge in [0.2, 0.25) is 0 Å². The van der Waals surface area contributed by atoms with Gasteiger partial charge in [-0.3, -0.25) is 0 Å². The standard InChI is InChI=1S/C36H41F3N6O2S/c1-23(2)31-18-9-24(3)21-32(31)45-26(5)19-20-48-35(45)42-34(46)41-25(4)7-6-8-27-10-12-28(13-11-27)33-40-22-44(43-33)29-14-16-30(17-15-29)47-36(37,38)39/h9-18,21-23,25-26H,6-8,19-20H2,1-5H3,(H,41,46). The summed E-state index contributed by atoms with van der Waals surface area (Å²) >= 11 is 1.63. The van der Waals surface area contributed by atoms with Crippen molar-refractivity contribution >= 4 is 28.6 Å². The third kappa shape index (κ3) is 9.18. The molecule has 2 unspecified atom stereocenters. The Bertz CT molecular complexity index is 1720. The lowest BCUT2D eigenvalue weighted by atomic mass is 9.98. The van der Waals surface area contributed by atoms with Crippen LogP contribution in [0.5, 0.6) is 5.75 Å². The number of hydrogen-bond donors (Lipinski definition) is 1. The second-order valence-corrected chi connectivity index (χ2v) is 13.5. The second kappa shape index (κ2) is 15.3. The van der Waals surface area contributed by atoms with Crippen molar-refractivity contribution in [1.82, 2.24) is 20.1 Å². The average Bonchev–Trinajstić information content (AvgIpc) is 3.51. The maximum atomic E-state index is 13.1. The van der Waals surface area contributed by atoms with Crippen LogP contribution >= 0.6 is 11.8 Å². The summed E-state index contributed by atoms with van der Waals surface area (Å²) in [6.45, 7) is 10.7. The number of ether oxygens (including phenoxy) is 1. The number of alkyl halides is 3. The zero-order valence-electron chi connectivity index (χ0n) is 27.8. The number of hydrogen-bond acceptors (Lipinski definition) is 5. The number of carbonyl (C=O) groups is 1. The van der Waals surface area contributed by atoms with Gasteiger partial charge < -0.3 is 15.0 Å². The number of thioether (sulfide) groups is 1. The molecule has 1 aromatic heterocycles. The number of aryl methyl sites for hydroxylation is 2. The molecule has 0 radical (unpaired) electrons. The van der Waals surface area contributed by atoms with E-state index in [0.717, 1.165) is 53.4 Å². The highest BCUT2D eigenvalue weighted by Gasteiger charge is 2.31. The van der Waals surface area contributed by atoms with E-state index < -0.39 is 6.36 Å². The van der Waals surface area contributed by atoms with Gasteiger partial charge in [-0.15, -0.1) is 18.3 Å². The number of aromatic nitrogens is 3. The minimum atomic E-state index is -4.74. The van der Waals surface area contributed by atoms with Gasteiger partial charge in [-0.2, -0.15) is 4.99 Å². The molecule has 5 rings (SSSR count). The molecule has 2 amide bonds. The zero-order valence-corrected chi connectivity index (χ0v) is 28.6. The van der Waals surface area contributed by atoms with E-state index in [-0.39, 0.29) is 23.9 Å². The van der Waals surface area contributed by atoms with Crippen molar-refractivity contribution in [1.29, 1.82) is 0 Å². The lowest BCUT2D eigenvalue weighted by Crippen LogP contribution is -2.43. The predicted molar refractivity (Wildman–Crippen MR) is 186 cm³/mol. The minimum Gasteiger partial charge on any atom is -0.406 e. The quantitative estimate of drug-likeness (QED) is 0.180. The van der Waals surface area contributed by atoms with E-state index in [1.54, 1.807) is 11.8 Å². The van der Waals surface area contributed by atoms with Gasteiger partial charge in [-0.25, -0.2) is 14.5 Å². The van der Waals surface area contributed by atoms with Crippen molar-refractivity contribution in [3.05, 3.63) is 89.7 Å². The second-order valence-electron chi connectivity index (χ2n) is 12.5. The van der Waals surface area contributed by atoms with E-state index in [9.17, 15) is 18.0 Å². The van der Waals surface area contributed by atoms with Gasteiger partial charge in [0.25, 0.3) is 0 Å². The van der Waals surface area contributed by atoms with Crippen LogP contribution in [0.25, 0.3) is 17.1 Å². The first-order valence-corrected chi connectivity index (χ1v) is 17.1. The molecule has 1 N–H and O–H groups in total. The van der Waals surface area contributed by atoms with Crippen LogP contribution in [0.3, 0.4) is 0 Å². The summed E-state index contributed by atoms with van der Waals surface area (Å²) in [5.41, 5.74) is 6.10. The third-order valence-corrected chi connectivity index (χ3v) is 9.18. The Labute approximate surface area is 283 Å². The van der Waals surface area contributed by atoms with E-state index in [1.165, 1.54) is 46.4 Å². The highest BCUT2D eigenvalue weighted by atomic mass is 32.2. The largest absolute Gasteiger partial charge is 0.573 e. The van der Waals surface area contributed by atoms with Crippen LogP contribution < -0.4 is 15.0 Å². The molecule has 48 heavy (non-hydrogen) atoms. The molecule has 1 fully saturated rings. The Hall–Kier alpha value is -4.32. The number of aliphatic imine (C=N–C) groups is 1. The smallest absolute Gasteiger partial charge is 0.406 e. The van der Waals surface area contributed by atoms with E-state index >= 15 is 0 Å². The van der Waals surface area contributed by atoms with Gasteiger partial charge in [-0.05, 0) is 99.4 Å². The van der Waals surface area contributed by atoms with Crippen LogP contribution in [-0.4, -0.2) is 50.2 Å². The van der Waals surface area contributed by atoms with Gasteiger partial charge in [0.1, 0.15) is 12.1 Å². The van der Waals surface area contributed by atoms with Crippen LogP contribution in [-0.2, 0) is 6.42 Å². The number of anilines is 1. The summed E-state index contributed by atoms with van der Waals surface area (Å²) in [6.07, 6.45) is 0.329. The Morgan fingerprint density at radius 2 is 1.81 bits per heavy atom. The summed E-state index contributed by atoms with van der Waals surface area (Å²) in [7, 11) is 0. The van der Waals surface area contributed by atoms with Crippen LogP contribution in [0.4, 0.5) is 23.7 Å². The van der Waals surface area contributed by atoms with Crippen molar-refractivity contribution in [2.24, 2.45) is 4.99 Å². The van der Waals surface area contributed by atoms with Gasteiger partial charge >= 0.3 is 12.4 Å². The Kier molecular flexibility index (Phi) is 11.1. The fourth-order valence-electron chi connectivity index (χ4n) is 5.64. The van der Waals surface area contributed by atoms with Crippen LogP contribution in [0, 0.1) is 6.92 Å². The molecular weight excluding hydrogens is 637 g/mol. The fraction of sp³-hybridized carbons (Fsp3) is 0.389. The molecule has 0 spiro atoms. The normalized spacial score (nSPS) is 16.7. The van der Waals surface area contributed by atoms with Crippen molar-refractivity contribution in [3.63, 3.8) is 0 Å². The Morgan fingerprint density at radius 3 is 2.50 bits per heavy atom. The summed E-state index contributed by atoms with van der Waals surface area (Å²) in [5.74, 6) is 1.48. The number of carbonyl (C=O) groups excluding carboxylic acids is 1. The molecule has 0 bridgehead atoms. The number of urea groups is 1. The molecule has 1 aliphatic rings. The minimum absolute atomic E-state index is 0.0342. The first-order valence-electron chi connectivity index (χ1n) is 16.1. The number of amidine groups is 1. The van der Waals surface area contributed by atoms with Crippen LogP contribution in [0.15, 0.2) is 78.0 Å². The maximum absolute atomic E-state index is 13.1. The number of nitrogens with zero attached hydrogens (tertiary/aromatic N) is 5. The average molecular weight is 679 g/mol. The van der Waals surface area contributed by atoms with Crippen molar-refractivity contribution in [2.45, 2.75) is 84.7 Å². The lowest BCUT2D eigenvalue weighted by molar-refractivity contribution is -0.274. The summed E-state index contributed by atoms with van der Waals surface area (Å²) in [5, 5.41) is 8.28. The molecular formula is C36H41F3N6O2S. The zero-order chi connectivity index (χ0) is 34.4. The predicted octanol–water partition coefficient (Wildman–Crippen LogP) is 9.07. The SMILES string of the molecule is Cc1ccc(C(C)C)c(N2C(=NC(=O)NC(C)CCCc3ccc(-c4ncn(-c5ccc(OC(F)(F)F)cc5)n4)cc3)SCCC2C)c1. The molecule has 0 aliphatic carbocycles. The molecule has 2 heterocycles. The number of nitrogens with one attached hydrogen (secondary N) is 1. The molecule has 0 saturated carbocycles. The molecule has 2 atom stereocenters. The Balaban J connectivity index is 1.13. The van der Waals surface area contributed by atoms with E-state index in [0.29, 0.717) is 17.4 Å². The van der Waals surface area contributed by atoms with Crippen molar-refractivity contribution in [2.75, 3.05) is 10.7 Å². The molecule has 254 valence electrons. The van der Waals surface area contributed by atoms with Gasteiger partial charge in [-0.1, -0.05) is 62.0 Å². The molecule has 3 aromatic carbocycles. The van der Waals surface area contributed by atoms with E-state index in [1.807, 2.05) is 31.2 Å². The monoisotopic (exact) mass is 678 g/mol. The van der Waals surface area contributed by atoms with Crippen molar-refractivity contribution < 1.29 is 22.7 Å². The first-order chi connectivity index (χ1) is 22.9. The van der Waals surface area contributed by atoms with Crippen molar-refractivity contribution in [3.8, 4) is 22.8 Å². The third-order valence-electron chi connectivity index (χ3n) is 8.19. The van der Waals surface area contributed by atoms with Gasteiger partial charge in [0.05, 0.1) is 5.69 Å². The highest BCUT2D eigenvalue weighted by molar-refractivity contribution is 8.14. The number of rotatable bonds is 10. The highest BCUT2D eigenvalue weighted by Crippen LogP contribution is 2.35. The van der Waals surface area contributed by atoms with E-state index in [2.05, 4.69) is 75.9 Å². The maximum Gasteiger partial charge on any atom is 0.573 e. The van der Waals surface area contributed by atoms with Gasteiger partial charge in [0, 0.05) is 29.1 Å². The van der Waals surface area contributed by atoms with Crippen LogP contribution in [0.2, 0.25) is 0 Å². The van der Waals surface area contributed by atoms with Crippen LogP contribution in [0.1, 0.15) is 69.6 Å². The molecule has 8 nitrogen and oxygen atoms in total. The Morgan fingerprint density at radius 1 is 1.08 bits per heavy atom. The molecule has 1 aliphatic heterocycles. The topological polar surface area (TPSA) is 84.6 Å². The lowest BCUT2D eigenvalue weighted by Gasteiger charge is -2.37. The first kappa shape index (κ1) is 35.0. The number of amides is 2. The number of halogens is 3. The molecule has 4 aromatic rings. The van der Waals surface area contributed by atoms with E-state index in [4.69, 9.17) is 0 Å². The summed E-state index contributed by atoms with van der Waals surface area (Å²) < 4.78 is 42.7. The fourth-order valence-corrected chi connectivity index (χ4v) is 6.85. The summed E-state index contributed by atoms with van der Waals surface area (Å²) in [4.78, 5) is 24.2.